The molecule has 3 aromatic rings. The molecule has 120 valence electrons. The van der Waals surface area contributed by atoms with Crippen molar-refractivity contribution in [2.24, 2.45) is 0 Å². The molecule has 0 radical (unpaired) electrons. The van der Waals surface area contributed by atoms with Gasteiger partial charge in [0.1, 0.15) is 5.56 Å². The number of carbonyl (C=O) groups excluding carboxylic acids is 1. The number of carbonyl (C=O) groups is 1. The number of amides is 1. The molecule has 1 aromatic heterocycles. The number of pyridine rings is 1. The number of rotatable bonds is 3. The van der Waals surface area contributed by atoms with Gasteiger partial charge in [0.05, 0.1) is 0 Å². The average molecular weight is 339 g/mol. The first-order valence-electron chi connectivity index (χ1n) is 7.41. The summed E-state index contributed by atoms with van der Waals surface area (Å²) in [6.07, 6.45) is 0. The first kappa shape index (κ1) is 16.0. The van der Waals surface area contributed by atoms with Crippen LogP contribution in [0.15, 0.2) is 65.5 Å². The Hall–Kier alpha value is -2.85. The number of hydrogen-bond acceptors (Lipinski definition) is 2. The Balaban J connectivity index is 1.88. The first-order valence-corrected chi connectivity index (χ1v) is 7.79. The van der Waals surface area contributed by atoms with Crippen LogP contribution in [-0.2, 0) is 0 Å². The topological polar surface area (TPSA) is 62.0 Å². The summed E-state index contributed by atoms with van der Waals surface area (Å²) >= 11 is 6.04. The third kappa shape index (κ3) is 3.24. The Kier molecular flexibility index (Phi) is 4.49. The second kappa shape index (κ2) is 6.72. The Morgan fingerprint density at radius 3 is 2.46 bits per heavy atom. The molecule has 0 saturated carbocycles. The first-order chi connectivity index (χ1) is 11.6. The Morgan fingerprint density at radius 2 is 1.75 bits per heavy atom. The molecular formula is C19H15ClN2O2. The summed E-state index contributed by atoms with van der Waals surface area (Å²) < 4.78 is 0. The van der Waals surface area contributed by atoms with E-state index in [1.165, 1.54) is 6.07 Å². The minimum atomic E-state index is -0.471. The van der Waals surface area contributed by atoms with Gasteiger partial charge in [0.25, 0.3) is 11.5 Å². The zero-order chi connectivity index (χ0) is 17.1. The number of hydrogen-bond donors (Lipinski definition) is 2. The number of benzene rings is 2. The molecule has 2 aromatic carbocycles. The van der Waals surface area contributed by atoms with Crippen LogP contribution in [0.2, 0.25) is 5.02 Å². The highest BCUT2D eigenvalue weighted by molar-refractivity contribution is 6.31. The molecule has 0 aliphatic heterocycles. The third-order valence-electron chi connectivity index (χ3n) is 3.75. The fourth-order valence-electron chi connectivity index (χ4n) is 2.37. The van der Waals surface area contributed by atoms with Crippen molar-refractivity contribution in [3.8, 4) is 11.3 Å². The van der Waals surface area contributed by atoms with Crippen molar-refractivity contribution in [3.05, 3.63) is 87.2 Å². The monoisotopic (exact) mass is 338 g/mol. The second-order valence-corrected chi connectivity index (χ2v) is 5.75. The molecule has 0 aliphatic rings. The van der Waals surface area contributed by atoms with Crippen LogP contribution in [0.1, 0.15) is 15.9 Å². The molecule has 24 heavy (non-hydrogen) atoms. The lowest BCUT2D eigenvalue weighted by Crippen LogP contribution is -2.23. The molecule has 0 unspecified atom stereocenters. The molecule has 0 fully saturated rings. The molecule has 1 amide bonds. The van der Waals surface area contributed by atoms with Gasteiger partial charge < -0.3 is 10.3 Å². The summed E-state index contributed by atoms with van der Waals surface area (Å²) in [6, 6.07) is 17.9. The summed E-state index contributed by atoms with van der Waals surface area (Å²) in [4.78, 5) is 27.4. The molecular weight excluding hydrogens is 324 g/mol. The summed E-state index contributed by atoms with van der Waals surface area (Å²) in [5.74, 6) is -0.471. The van der Waals surface area contributed by atoms with E-state index in [4.69, 9.17) is 11.6 Å². The maximum atomic E-state index is 12.4. The lowest BCUT2D eigenvalue weighted by atomic mass is 10.1. The maximum Gasteiger partial charge on any atom is 0.261 e. The summed E-state index contributed by atoms with van der Waals surface area (Å²) in [5, 5.41) is 3.28. The van der Waals surface area contributed by atoms with E-state index in [9.17, 15) is 9.59 Å². The van der Waals surface area contributed by atoms with E-state index in [1.807, 2.05) is 30.3 Å². The second-order valence-electron chi connectivity index (χ2n) is 5.35. The van der Waals surface area contributed by atoms with Crippen molar-refractivity contribution in [3.63, 3.8) is 0 Å². The number of anilines is 1. The molecule has 2 N–H and O–H groups in total. The molecule has 3 rings (SSSR count). The number of halogens is 1. The van der Waals surface area contributed by atoms with Crippen molar-refractivity contribution in [1.82, 2.24) is 4.98 Å². The normalized spacial score (nSPS) is 10.4. The number of aromatic nitrogens is 1. The van der Waals surface area contributed by atoms with Crippen molar-refractivity contribution in [2.75, 3.05) is 5.32 Å². The van der Waals surface area contributed by atoms with Crippen molar-refractivity contribution >= 4 is 23.2 Å². The molecule has 1 heterocycles. The lowest BCUT2D eigenvalue weighted by Gasteiger charge is -2.09. The minimum Gasteiger partial charge on any atom is -0.322 e. The van der Waals surface area contributed by atoms with Crippen LogP contribution in [0.3, 0.4) is 0 Å². The van der Waals surface area contributed by atoms with E-state index in [-0.39, 0.29) is 5.56 Å². The van der Waals surface area contributed by atoms with Gasteiger partial charge in [-0.1, -0.05) is 48.0 Å². The Labute approximate surface area is 144 Å². The number of nitrogens with one attached hydrogen (secondary N) is 2. The SMILES string of the molecule is Cc1c(Cl)cccc1NC(=O)c1ccc(-c2ccccc2)[nH]c1=O. The van der Waals surface area contributed by atoms with Gasteiger partial charge in [0.15, 0.2) is 0 Å². The van der Waals surface area contributed by atoms with Crippen LogP contribution in [0.4, 0.5) is 5.69 Å². The molecule has 0 bridgehead atoms. The van der Waals surface area contributed by atoms with Gasteiger partial charge in [0.2, 0.25) is 0 Å². The zero-order valence-corrected chi connectivity index (χ0v) is 13.7. The summed E-state index contributed by atoms with van der Waals surface area (Å²) in [6.45, 7) is 1.81. The van der Waals surface area contributed by atoms with Gasteiger partial charge in [-0.2, -0.15) is 0 Å². The van der Waals surface area contributed by atoms with Gasteiger partial charge >= 0.3 is 0 Å². The van der Waals surface area contributed by atoms with E-state index < -0.39 is 11.5 Å². The highest BCUT2D eigenvalue weighted by atomic mass is 35.5. The number of aromatic amines is 1. The fourth-order valence-corrected chi connectivity index (χ4v) is 2.55. The third-order valence-corrected chi connectivity index (χ3v) is 4.16. The van der Waals surface area contributed by atoms with E-state index in [1.54, 1.807) is 31.2 Å². The van der Waals surface area contributed by atoms with E-state index in [0.717, 1.165) is 11.1 Å². The van der Waals surface area contributed by atoms with Gasteiger partial charge in [-0.05, 0) is 42.3 Å². The van der Waals surface area contributed by atoms with Crippen LogP contribution in [0.25, 0.3) is 11.3 Å². The quantitative estimate of drug-likeness (QED) is 0.749. The van der Waals surface area contributed by atoms with Gasteiger partial charge in [0, 0.05) is 16.4 Å². The number of H-pyrrole nitrogens is 1. The van der Waals surface area contributed by atoms with Gasteiger partial charge in [-0.3, -0.25) is 9.59 Å². The highest BCUT2D eigenvalue weighted by Gasteiger charge is 2.13. The molecule has 0 saturated heterocycles. The van der Waals surface area contributed by atoms with Crippen LogP contribution < -0.4 is 10.9 Å². The van der Waals surface area contributed by atoms with Crippen molar-refractivity contribution in [1.29, 1.82) is 0 Å². The van der Waals surface area contributed by atoms with Crippen LogP contribution in [0.5, 0.6) is 0 Å². The molecule has 4 nitrogen and oxygen atoms in total. The van der Waals surface area contributed by atoms with Gasteiger partial charge in [-0.15, -0.1) is 0 Å². The van der Waals surface area contributed by atoms with Crippen LogP contribution in [-0.4, -0.2) is 10.9 Å². The van der Waals surface area contributed by atoms with E-state index in [2.05, 4.69) is 10.3 Å². The van der Waals surface area contributed by atoms with E-state index >= 15 is 0 Å². The van der Waals surface area contributed by atoms with Gasteiger partial charge in [-0.25, -0.2) is 0 Å². The standard InChI is InChI=1S/C19H15ClN2O2/c1-12-15(20)8-5-9-16(12)21-18(23)14-10-11-17(22-19(14)24)13-6-3-2-4-7-13/h2-11H,1H3,(H,21,23)(H,22,24). The van der Waals surface area contributed by atoms with Crippen molar-refractivity contribution in [2.45, 2.75) is 6.92 Å². The van der Waals surface area contributed by atoms with Crippen LogP contribution in [0, 0.1) is 6.92 Å². The maximum absolute atomic E-state index is 12.4. The summed E-state index contributed by atoms with van der Waals surface area (Å²) in [5.41, 5.74) is 2.50. The molecule has 0 atom stereocenters. The predicted octanol–water partition coefficient (Wildman–Crippen LogP) is 4.26. The minimum absolute atomic E-state index is 0.0501. The predicted molar refractivity (Wildman–Crippen MR) is 96.6 cm³/mol. The smallest absolute Gasteiger partial charge is 0.261 e. The Bertz CT molecular complexity index is 949. The fraction of sp³-hybridized carbons (Fsp3) is 0.0526. The largest absolute Gasteiger partial charge is 0.322 e. The summed E-state index contributed by atoms with van der Waals surface area (Å²) in [7, 11) is 0. The lowest BCUT2D eigenvalue weighted by molar-refractivity contribution is 0.102. The Morgan fingerprint density at radius 1 is 1.00 bits per heavy atom. The zero-order valence-electron chi connectivity index (χ0n) is 13.0. The highest BCUT2D eigenvalue weighted by Crippen LogP contribution is 2.23. The molecule has 0 aliphatic carbocycles. The van der Waals surface area contributed by atoms with Crippen LogP contribution >= 0.6 is 11.6 Å². The van der Waals surface area contributed by atoms with Crippen molar-refractivity contribution < 1.29 is 4.79 Å². The average Bonchev–Trinajstić information content (AvgIpc) is 2.59. The van der Waals surface area contributed by atoms with E-state index in [0.29, 0.717) is 16.4 Å². The molecule has 5 heteroatoms. The molecule has 0 spiro atoms.